The molecular formula is C19H22FNO. The highest BCUT2D eigenvalue weighted by Crippen LogP contribution is 2.24. The van der Waals surface area contributed by atoms with Crippen LogP contribution in [0.25, 0.3) is 0 Å². The second-order valence-electron chi connectivity index (χ2n) is 5.88. The highest BCUT2D eigenvalue weighted by atomic mass is 19.1. The highest BCUT2D eigenvalue weighted by Gasteiger charge is 2.32. The van der Waals surface area contributed by atoms with Crippen molar-refractivity contribution in [2.24, 2.45) is 0 Å². The minimum Gasteiger partial charge on any atom is -0.372 e. The zero-order chi connectivity index (χ0) is 15.2. The molecule has 1 heterocycles. The minimum atomic E-state index is -0.308. The Balaban J connectivity index is 1.55. The molecule has 2 nitrogen and oxygen atoms in total. The number of rotatable bonds is 6. The Hall–Kier alpha value is -1.71. The molecule has 3 heteroatoms. The lowest BCUT2D eigenvalue weighted by Gasteiger charge is -2.21. The van der Waals surface area contributed by atoms with Gasteiger partial charge in [0.05, 0.1) is 12.7 Å². The minimum absolute atomic E-state index is 0.0269. The number of halogens is 1. The summed E-state index contributed by atoms with van der Waals surface area (Å²) in [6.07, 6.45) is 0.889. The second-order valence-corrected chi connectivity index (χ2v) is 5.88. The smallest absolute Gasteiger partial charge is 0.105 e. The molecule has 3 rings (SSSR count). The summed E-state index contributed by atoms with van der Waals surface area (Å²) in [6.45, 7) is 1.89. The number of hydrogen-bond acceptors (Lipinski definition) is 2. The van der Waals surface area contributed by atoms with Gasteiger partial charge in [-0.3, -0.25) is 4.90 Å². The van der Waals surface area contributed by atoms with Gasteiger partial charge in [0.1, 0.15) is 6.67 Å². The first-order valence-electron chi connectivity index (χ1n) is 7.84. The van der Waals surface area contributed by atoms with Gasteiger partial charge in [0.25, 0.3) is 0 Å². The molecular weight excluding hydrogens is 277 g/mol. The molecule has 0 radical (unpaired) electrons. The van der Waals surface area contributed by atoms with E-state index >= 15 is 0 Å². The lowest BCUT2D eigenvalue weighted by molar-refractivity contribution is 0.0461. The molecule has 0 bridgehead atoms. The van der Waals surface area contributed by atoms with Crippen LogP contribution < -0.4 is 0 Å². The number of ether oxygens (including phenoxy) is 1. The highest BCUT2D eigenvalue weighted by molar-refractivity contribution is 5.15. The van der Waals surface area contributed by atoms with Gasteiger partial charge in [-0.2, -0.15) is 0 Å². The van der Waals surface area contributed by atoms with E-state index in [4.69, 9.17) is 4.74 Å². The fraction of sp³-hybridized carbons (Fsp3) is 0.368. The summed E-state index contributed by atoms with van der Waals surface area (Å²) in [5.74, 6) is 0. The van der Waals surface area contributed by atoms with E-state index in [0.29, 0.717) is 6.61 Å². The molecule has 0 saturated carbocycles. The van der Waals surface area contributed by atoms with Crippen molar-refractivity contribution < 1.29 is 9.13 Å². The molecule has 0 N–H and O–H groups in total. The summed E-state index contributed by atoms with van der Waals surface area (Å²) >= 11 is 0. The molecule has 0 unspecified atom stereocenters. The molecule has 22 heavy (non-hydrogen) atoms. The van der Waals surface area contributed by atoms with E-state index in [9.17, 15) is 4.39 Å². The average Bonchev–Trinajstić information content (AvgIpc) is 2.97. The number of alkyl halides is 1. The van der Waals surface area contributed by atoms with E-state index in [1.807, 2.05) is 36.4 Å². The Bertz CT molecular complexity index is 560. The Morgan fingerprint density at radius 2 is 1.59 bits per heavy atom. The predicted octanol–water partition coefficient (Wildman–Crippen LogP) is 3.82. The van der Waals surface area contributed by atoms with Gasteiger partial charge in [0.2, 0.25) is 0 Å². The summed E-state index contributed by atoms with van der Waals surface area (Å²) in [6, 6.07) is 20.4. The van der Waals surface area contributed by atoms with Gasteiger partial charge in [0.15, 0.2) is 0 Å². The van der Waals surface area contributed by atoms with Crippen molar-refractivity contribution >= 4 is 0 Å². The predicted molar refractivity (Wildman–Crippen MR) is 86.3 cm³/mol. The van der Waals surface area contributed by atoms with Crippen molar-refractivity contribution in [3.05, 3.63) is 71.8 Å². The lowest BCUT2D eigenvalue weighted by atomic mass is 10.2. The van der Waals surface area contributed by atoms with Crippen LogP contribution in [-0.4, -0.2) is 30.3 Å². The fourth-order valence-corrected chi connectivity index (χ4v) is 3.02. The van der Waals surface area contributed by atoms with Gasteiger partial charge < -0.3 is 4.74 Å². The summed E-state index contributed by atoms with van der Waals surface area (Å²) in [4.78, 5) is 2.20. The quantitative estimate of drug-likeness (QED) is 0.804. The molecule has 2 atom stereocenters. The van der Waals surface area contributed by atoms with Crippen molar-refractivity contribution in [2.75, 3.05) is 13.2 Å². The first-order chi connectivity index (χ1) is 10.8. The molecule has 0 amide bonds. The van der Waals surface area contributed by atoms with E-state index < -0.39 is 0 Å². The fourth-order valence-electron chi connectivity index (χ4n) is 3.02. The molecule has 1 aliphatic rings. The van der Waals surface area contributed by atoms with Gasteiger partial charge in [-0.1, -0.05) is 60.7 Å². The molecule has 2 aromatic rings. The molecule has 1 aliphatic heterocycles. The van der Waals surface area contributed by atoms with Gasteiger partial charge in [-0.05, 0) is 17.5 Å². The van der Waals surface area contributed by atoms with Crippen LogP contribution in [0.3, 0.4) is 0 Å². The maximum atomic E-state index is 13.3. The van der Waals surface area contributed by atoms with Crippen LogP contribution >= 0.6 is 0 Å². The van der Waals surface area contributed by atoms with E-state index in [1.165, 1.54) is 11.1 Å². The van der Waals surface area contributed by atoms with E-state index in [0.717, 1.165) is 19.5 Å². The first kappa shape index (κ1) is 15.2. The Kier molecular flexibility index (Phi) is 5.20. The maximum Gasteiger partial charge on any atom is 0.105 e. The summed E-state index contributed by atoms with van der Waals surface area (Å²) in [5.41, 5.74) is 2.39. The number of nitrogens with zero attached hydrogens (tertiary/aromatic N) is 1. The van der Waals surface area contributed by atoms with Crippen molar-refractivity contribution in [3.63, 3.8) is 0 Å². The van der Waals surface area contributed by atoms with E-state index in [2.05, 4.69) is 29.2 Å². The summed E-state index contributed by atoms with van der Waals surface area (Å²) in [7, 11) is 0. The summed E-state index contributed by atoms with van der Waals surface area (Å²) < 4.78 is 19.3. The summed E-state index contributed by atoms with van der Waals surface area (Å²) in [5, 5.41) is 0. The molecule has 0 spiro atoms. The second kappa shape index (κ2) is 7.52. The molecule has 0 aromatic heterocycles. The van der Waals surface area contributed by atoms with Crippen LogP contribution in [0.1, 0.15) is 17.5 Å². The van der Waals surface area contributed by atoms with Gasteiger partial charge in [-0.15, -0.1) is 0 Å². The normalized spacial score (nSPS) is 22.0. The first-order valence-corrected chi connectivity index (χ1v) is 7.84. The van der Waals surface area contributed by atoms with Gasteiger partial charge in [0, 0.05) is 19.1 Å². The van der Waals surface area contributed by atoms with Crippen LogP contribution in [0.15, 0.2) is 60.7 Å². The Morgan fingerprint density at radius 1 is 0.955 bits per heavy atom. The van der Waals surface area contributed by atoms with Crippen molar-refractivity contribution in [1.82, 2.24) is 4.90 Å². The van der Waals surface area contributed by atoms with Gasteiger partial charge >= 0.3 is 0 Å². The van der Waals surface area contributed by atoms with E-state index in [1.54, 1.807) is 0 Å². The van der Waals surface area contributed by atoms with Crippen molar-refractivity contribution in [2.45, 2.75) is 31.7 Å². The van der Waals surface area contributed by atoms with Crippen LogP contribution in [0.5, 0.6) is 0 Å². The molecule has 116 valence electrons. The zero-order valence-corrected chi connectivity index (χ0v) is 12.7. The molecule has 1 saturated heterocycles. The number of likely N-dealkylation sites (tertiary alicyclic amines) is 1. The van der Waals surface area contributed by atoms with Crippen molar-refractivity contribution in [1.29, 1.82) is 0 Å². The third kappa shape index (κ3) is 3.93. The van der Waals surface area contributed by atoms with E-state index in [-0.39, 0.29) is 18.8 Å². The lowest BCUT2D eigenvalue weighted by Crippen LogP contribution is -2.30. The zero-order valence-electron chi connectivity index (χ0n) is 12.7. The molecule has 1 fully saturated rings. The van der Waals surface area contributed by atoms with Crippen LogP contribution in [0, 0.1) is 0 Å². The third-order valence-corrected chi connectivity index (χ3v) is 4.22. The maximum absolute atomic E-state index is 13.3. The Morgan fingerprint density at radius 3 is 2.23 bits per heavy atom. The number of hydrogen-bond donors (Lipinski definition) is 0. The Labute approximate surface area is 131 Å². The topological polar surface area (TPSA) is 12.5 Å². The largest absolute Gasteiger partial charge is 0.372 e. The van der Waals surface area contributed by atoms with Gasteiger partial charge in [-0.25, -0.2) is 4.39 Å². The molecule has 2 aromatic carbocycles. The average molecular weight is 299 g/mol. The van der Waals surface area contributed by atoms with Crippen LogP contribution in [0.4, 0.5) is 4.39 Å². The van der Waals surface area contributed by atoms with Crippen LogP contribution in [0.2, 0.25) is 0 Å². The third-order valence-electron chi connectivity index (χ3n) is 4.22. The van der Waals surface area contributed by atoms with Crippen molar-refractivity contribution in [3.8, 4) is 0 Å². The number of benzene rings is 2. The van der Waals surface area contributed by atoms with Crippen LogP contribution in [-0.2, 0) is 17.9 Å². The monoisotopic (exact) mass is 299 g/mol. The SMILES string of the molecule is FC[C@@H]1C[C@@H](OCc2ccccc2)CN1Cc1ccccc1. The standard InChI is InChI=1S/C19H22FNO/c20-12-18-11-19(22-15-17-9-5-2-6-10-17)14-21(18)13-16-7-3-1-4-8-16/h1-10,18-19H,11-15H2/t18-,19+/m0/s1. The molecule has 0 aliphatic carbocycles.